The Balaban J connectivity index is 1.37. The zero-order valence-corrected chi connectivity index (χ0v) is 22.0. The highest BCUT2D eigenvalue weighted by Crippen LogP contribution is 2.23. The van der Waals surface area contributed by atoms with Crippen molar-refractivity contribution in [3.05, 3.63) is 122 Å². The van der Waals surface area contributed by atoms with E-state index in [1.165, 1.54) is 16.8 Å². The highest BCUT2D eigenvalue weighted by Gasteiger charge is 2.13. The summed E-state index contributed by atoms with van der Waals surface area (Å²) >= 11 is 2.09. The molecule has 0 aliphatic carbocycles. The second-order valence-electron chi connectivity index (χ2n) is 8.19. The molecular weight excluding hydrogens is 598 g/mol. The Morgan fingerprint density at radius 2 is 1.74 bits per heavy atom. The van der Waals surface area contributed by atoms with Crippen LogP contribution >= 0.6 is 22.6 Å². The van der Waals surface area contributed by atoms with Crippen molar-refractivity contribution in [3.8, 4) is 17.1 Å². The standard InChI is InChI=1S/C29H20FIN4O3/c30-22-11-5-7-13-25(22)33-27(36)18-38-26-15-14-19(16-23(26)31)17-32-35-28(20-8-2-1-3-9-20)34-24-12-6-4-10-21(24)29(35)37/h1-17H,18H2,(H,33,36). The maximum absolute atomic E-state index is 13.7. The number of carbonyl (C=O) groups is 1. The number of nitrogens with one attached hydrogen (secondary N) is 1. The highest BCUT2D eigenvalue weighted by molar-refractivity contribution is 14.1. The van der Waals surface area contributed by atoms with Crippen LogP contribution in [-0.4, -0.2) is 28.4 Å². The zero-order chi connectivity index (χ0) is 26.5. The third-order valence-electron chi connectivity index (χ3n) is 5.57. The first-order chi connectivity index (χ1) is 18.5. The molecule has 0 aliphatic rings. The average Bonchev–Trinajstić information content (AvgIpc) is 2.94. The molecule has 0 radical (unpaired) electrons. The first kappa shape index (κ1) is 25.3. The first-order valence-electron chi connectivity index (χ1n) is 11.6. The fraction of sp³-hybridized carbons (Fsp3) is 0.0345. The third kappa shape index (κ3) is 5.62. The van der Waals surface area contributed by atoms with Crippen molar-refractivity contribution in [2.24, 2.45) is 5.10 Å². The maximum Gasteiger partial charge on any atom is 0.282 e. The van der Waals surface area contributed by atoms with Crippen LogP contribution in [0.3, 0.4) is 0 Å². The van der Waals surface area contributed by atoms with Crippen molar-refractivity contribution >= 4 is 51.3 Å². The molecule has 0 saturated carbocycles. The molecule has 0 atom stereocenters. The van der Waals surface area contributed by atoms with Gasteiger partial charge in [0.25, 0.3) is 11.5 Å². The Kier molecular flexibility index (Phi) is 7.55. The van der Waals surface area contributed by atoms with Crippen molar-refractivity contribution in [3.63, 3.8) is 0 Å². The fourth-order valence-electron chi connectivity index (χ4n) is 3.74. The average molecular weight is 618 g/mol. The molecule has 1 N–H and O–H groups in total. The minimum Gasteiger partial charge on any atom is -0.483 e. The second-order valence-corrected chi connectivity index (χ2v) is 9.35. The van der Waals surface area contributed by atoms with Crippen LogP contribution in [0.15, 0.2) is 107 Å². The van der Waals surface area contributed by atoms with E-state index in [0.29, 0.717) is 22.5 Å². The first-order valence-corrected chi connectivity index (χ1v) is 12.7. The number of amides is 1. The Hall–Kier alpha value is -4.38. The van der Waals surface area contributed by atoms with Crippen molar-refractivity contribution in [2.75, 3.05) is 11.9 Å². The number of aromatic nitrogens is 2. The van der Waals surface area contributed by atoms with Crippen molar-refractivity contribution in [2.45, 2.75) is 0 Å². The SMILES string of the molecule is O=C(COc1ccc(C=Nn2c(-c3ccccc3)nc3ccccc3c2=O)cc1I)Nc1ccccc1F. The van der Waals surface area contributed by atoms with Crippen LogP contribution in [0, 0.1) is 9.39 Å². The molecule has 0 spiro atoms. The Labute approximate surface area is 230 Å². The lowest BCUT2D eigenvalue weighted by molar-refractivity contribution is -0.118. The van der Waals surface area contributed by atoms with Gasteiger partial charge in [-0.05, 0) is 70.6 Å². The Morgan fingerprint density at radius 1 is 1.00 bits per heavy atom. The molecule has 0 aliphatic heterocycles. The lowest BCUT2D eigenvalue weighted by Crippen LogP contribution is -2.21. The van der Waals surface area contributed by atoms with E-state index in [0.717, 1.165) is 14.7 Å². The van der Waals surface area contributed by atoms with Gasteiger partial charge in [0.05, 0.1) is 26.4 Å². The monoisotopic (exact) mass is 618 g/mol. The van der Waals surface area contributed by atoms with Gasteiger partial charge in [0.15, 0.2) is 12.4 Å². The van der Waals surface area contributed by atoms with Gasteiger partial charge in [-0.15, -0.1) is 0 Å². The molecule has 188 valence electrons. The Bertz CT molecular complexity index is 1720. The molecule has 1 amide bonds. The summed E-state index contributed by atoms with van der Waals surface area (Å²) in [4.78, 5) is 30.2. The van der Waals surface area contributed by atoms with Gasteiger partial charge in [-0.1, -0.05) is 54.6 Å². The van der Waals surface area contributed by atoms with E-state index in [-0.39, 0.29) is 17.9 Å². The van der Waals surface area contributed by atoms with E-state index in [9.17, 15) is 14.0 Å². The van der Waals surface area contributed by atoms with Crippen LogP contribution in [0.5, 0.6) is 5.75 Å². The van der Waals surface area contributed by atoms with Crippen LogP contribution in [0.2, 0.25) is 0 Å². The molecule has 0 fully saturated rings. The number of nitrogens with zero attached hydrogens (tertiary/aromatic N) is 3. The van der Waals surface area contributed by atoms with Crippen LogP contribution < -0.4 is 15.6 Å². The molecule has 5 rings (SSSR count). The third-order valence-corrected chi connectivity index (χ3v) is 6.41. The summed E-state index contributed by atoms with van der Waals surface area (Å²) in [7, 11) is 0. The van der Waals surface area contributed by atoms with Gasteiger partial charge < -0.3 is 10.1 Å². The quantitative estimate of drug-likeness (QED) is 0.187. The van der Waals surface area contributed by atoms with Gasteiger partial charge in [-0.25, -0.2) is 9.37 Å². The summed E-state index contributed by atoms with van der Waals surface area (Å²) in [6, 6.07) is 27.8. The van der Waals surface area contributed by atoms with Crippen molar-refractivity contribution in [1.82, 2.24) is 9.66 Å². The normalized spacial score (nSPS) is 11.1. The lowest BCUT2D eigenvalue weighted by atomic mass is 10.2. The number of halogens is 2. The number of ether oxygens (including phenoxy) is 1. The summed E-state index contributed by atoms with van der Waals surface area (Å²) in [6.45, 7) is -0.281. The number of hydrogen-bond acceptors (Lipinski definition) is 5. The van der Waals surface area contributed by atoms with E-state index in [2.05, 4.69) is 33.0 Å². The van der Waals surface area contributed by atoms with Gasteiger partial charge in [-0.2, -0.15) is 9.78 Å². The van der Waals surface area contributed by atoms with Gasteiger partial charge in [0, 0.05) is 5.56 Å². The van der Waals surface area contributed by atoms with Crippen LogP contribution in [0.25, 0.3) is 22.3 Å². The Morgan fingerprint density at radius 3 is 2.53 bits per heavy atom. The maximum atomic E-state index is 13.7. The van der Waals surface area contributed by atoms with Gasteiger partial charge in [0.2, 0.25) is 0 Å². The topological polar surface area (TPSA) is 85.6 Å². The fourth-order valence-corrected chi connectivity index (χ4v) is 4.43. The molecular formula is C29H20FIN4O3. The predicted octanol–water partition coefficient (Wildman–Crippen LogP) is 5.71. The number of fused-ring (bicyclic) bond motifs is 1. The predicted molar refractivity (Wildman–Crippen MR) is 154 cm³/mol. The van der Waals surface area contributed by atoms with Crippen LogP contribution in [0.1, 0.15) is 5.56 Å². The summed E-state index contributed by atoms with van der Waals surface area (Å²) < 4.78 is 21.4. The number of benzene rings is 4. The lowest BCUT2D eigenvalue weighted by Gasteiger charge is -2.10. The summed E-state index contributed by atoms with van der Waals surface area (Å²) in [5.74, 6) is -0.0783. The smallest absolute Gasteiger partial charge is 0.282 e. The molecule has 0 unspecified atom stereocenters. The summed E-state index contributed by atoms with van der Waals surface area (Å²) in [5, 5.41) is 7.43. The molecule has 1 heterocycles. The molecule has 38 heavy (non-hydrogen) atoms. The van der Waals surface area contributed by atoms with E-state index >= 15 is 0 Å². The van der Waals surface area contributed by atoms with Crippen LogP contribution in [-0.2, 0) is 4.79 Å². The molecule has 9 heteroatoms. The molecule has 0 saturated heterocycles. The minimum atomic E-state index is -0.518. The zero-order valence-electron chi connectivity index (χ0n) is 19.8. The molecule has 4 aromatic carbocycles. The number of anilines is 1. The van der Waals surface area contributed by atoms with E-state index in [1.807, 2.05) is 42.5 Å². The van der Waals surface area contributed by atoms with Crippen molar-refractivity contribution < 1.29 is 13.9 Å². The number of rotatable bonds is 7. The van der Waals surface area contributed by atoms with E-state index in [1.54, 1.807) is 48.7 Å². The molecule has 0 bridgehead atoms. The number of hydrogen-bond donors (Lipinski definition) is 1. The second kappa shape index (κ2) is 11.3. The van der Waals surface area contributed by atoms with Crippen LogP contribution in [0.4, 0.5) is 10.1 Å². The van der Waals surface area contributed by atoms with E-state index < -0.39 is 11.7 Å². The molecule has 1 aromatic heterocycles. The highest BCUT2D eigenvalue weighted by atomic mass is 127. The minimum absolute atomic E-state index is 0.0932. The summed E-state index contributed by atoms with van der Waals surface area (Å²) in [5.41, 5.74) is 1.89. The molecule has 7 nitrogen and oxygen atoms in total. The number of para-hydroxylation sites is 2. The molecule has 5 aromatic rings. The van der Waals surface area contributed by atoms with Gasteiger partial charge >= 0.3 is 0 Å². The summed E-state index contributed by atoms with van der Waals surface area (Å²) in [6.07, 6.45) is 1.57. The number of carbonyl (C=O) groups excluding carboxylic acids is 1. The van der Waals surface area contributed by atoms with Crippen molar-refractivity contribution in [1.29, 1.82) is 0 Å². The van der Waals surface area contributed by atoms with E-state index in [4.69, 9.17) is 9.72 Å². The van der Waals surface area contributed by atoms with Gasteiger partial charge in [-0.3, -0.25) is 9.59 Å². The van der Waals surface area contributed by atoms with Gasteiger partial charge in [0.1, 0.15) is 11.6 Å². The largest absolute Gasteiger partial charge is 0.483 e.